The number of aryl methyl sites for hydroxylation is 3. The Hall–Kier alpha value is -3.06. The van der Waals surface area contributed by atoms with E-state index in [2.05, 4.69) is 10.0 Å². The summed E-state index contributed by atoms with van der Waals surface area (Å²) in [5.41, 5.74) is 2.55. The fraction of sp³-hybridized carbons (Fsp3) is 0.261. The van der Waals surface area contributed by atoms with Crippen LogP contribution in [0.5, 0.6) is 0 Å². The van der Waals surface area contributed by atoms with Crippen LogP contribution in [0.1, 0.15) is 40.6 Å². The van der Waals surface area contributed by atoms with Crippen LogP contribution in [0, 0.1) is 13.8 Å². The molecule has 2 N–H and O–H groups in total. The van der Waals surface area contributed by atoms with E-state index in [4.69, 9.17) is 4.42 Å². The predicted molar refractivity (Wildman–Crippen MR) is 117 cm³/mol. The molecule has 1 heterocycles. The number of amides is 1. The van der Waals surface area contributed by atoms with Gasteiger partial charge in [-0.3, -0.25) is 9.52 Å². The Morgan fingerprint density at radius 3 is 2.47 bits per heavy atom. The predicted octanol–water partition coefficient (Wildman–Crippen LogP) is 4.45. The van der Waals surface area contributed by atoms with Crippen LogP contribution in [0.25, 0.3) is 0 Å². The van der Waals surface area contributed by atoms with Crippen LogP contribution in [-0.4, -0.2) is 20.4 Å². The molecule has 2 aromatic carbocycles. The summed E-state index contributed by atoms with van der Waals surface area (Å²) < 4.78 is 33.4. The number of furan rings is 1. The van der Waals surface area contributed by atoms with Crippen molar-refractivity contribution in [3.05, 3.63) is 83.3 Å². The molecule has 0 aliphatic carbocycles. The third kappa shape index (κ3) is 5.51. The van der Waals surface area contributed by atoms with Crippen molar-refractivity contribution in [3.8, 4) is 0 Å². The van der Waals surface area contributed by atoms with Gasteiger partial charge in [0.15, 0.2) is 0 Å². The van der Waals surface area contributed by atoms with Gasteiger partial charge in [-0.1, -0.05) is 23.8 Å². The Morgan fingerprint density at radius 2 is 1.80 bits per heavy atom. The van der Waals surface area contributed by atoms with Gasteiger partial charge < -0.3 is 9.73 Å². The van der Waals surface area contributed by atoms with Gasteiger partial charge in [0.2, 0.25) is 0 Å². The summed E-state index contributed by atoms with van der Waals surface area (Å²) in [5, 5.41) is 2.94. The highest BCUT2D eigenvalue weighted by atomic mass is 32.2. The van der Waals surface area contributed by atoms with Crippen molar-refractivity contribution in [2.45, 2.75) is 44.6 Å². The van der Waals surface area contributed by atoms with E-state index in [9.17, 15) is 13.2 Å². The molecule has 0 radical (unpaired) electrons. The van der Waals surface area contributed by atoms with E-state index in [-0.39, 0.29) is 16.8 Å². The van der Waals surface area contributed by atoms with Crippen LogP contribution < -0.4 is 10.0 Å². The maximum absolute atomic E-state index is 12.8. The molecule has 0 bridgehead atoms. The van der Waals surface area contributed by atoms with Gasteiger partial charge >= 0.3 is 0 Å². The highest BCUT2D eigenvalue weighted by molar-refractivity contribution is 7.92. The van der Waals surface area contributed by atoms with Gasteiger partial charge in [0.05, 0.1) is 11.2 Å². The SMILES string of the molecule is Cc1ccc(NS(=O)(=O)c2ccc(C)c(C(=O)NC(C)CCc3ccco3)c2)cc1. The molecule has 3 rings (SSSR count). The van der Waals surface area contributed by atoms with Crippen molar-refractivity contribution < 1.29 is 17.6 Å². The van der Waals surface area contributed by atoms with E-state index in [1.165, 1.54) is 12.1 Å². The monoisotopic (exact) mass is 426 g/mol. The van der Waals surface area contributed by atoms with Crippen molar-refractivity contribution in [2.75, 3.05) is 4.72 Å². The number of carbonyl (C=O) groups excluding carboxylic acids is 1. The van der Waals surface area contributed by atoms with Crippen molar-refractivity contribution in [3.63, 3.8) is 0 Å². The zero-order valence-corrected chi connectivity index (χ0v) is 18.1. The molecular weight excluding hydrogens is 400 g/mol. The molecule has 3 aromatic rings. The van der Waals surface area contributed by atoms with Crippen LogP contribution in [0.15, 0.2) is 70.2 Å². The number of hydrogen-bond acceptors (Lipinski definition) is 4. The Balaban J connectivity index is 1.71. The second kappa shape index (κ2) is 9.17. The zero-order valence-electron chi connectivity index (χ0n) is 17.3. The molecule has 0 spiro atoms. The first-order valence-electron chi connectivity index (χ1n) is 9.78. The second-order valence-electron chi connectivity index (χ2n) is 7.44. The Bertz CT molecular complexity index is 1100. The summed E-state index contributed by atoms with van der Waals surface area (Å²) in [7, 11) is -3.81. The Morgan fingerprint density at radius 1 is 1.07 bits per heavy atom. The lowest BCUT2D eigenvalue weighted by molar-refractivity contribution is 0.0937. The minimum atomic E-state index is -3.81. The van der Waals surface area contributed by atoms with Gasteiger partial charge in [-0.2, -0.15) is 0 Å². The molecule has 1 amide bonds. The average molecular weight is 427 g/mol. The second-order valence-corrected chi connectivity index (χ2v) is 9.12. The normalized spacial score (nSPS) is 12.4. The van der Waals surface area contributed by atoms with E-state index in [0.29, 0.717) is 29.7 Å². The molecule has 6 nitrogen and oxygen atoms in total. The zero-order chi connectivity index (χ0) is 21.7. The molecule has 0 saturated carbocycles. The summed E-state index contributed by atoms with van der Waals surface area (Å²) in [6.07, 6.45) is 3.05. The lowest BCUT2D eigenvalue weighted by Crippen LogP contribution is -2.33. The number of nitrogens with one attached hydrogen (secondary N) is 2. The van der Waals surface area contributed by atoms with Crippen molar-refractivity contribution >= 4 is 21.6 Å². The van der Waals surface area contributed by atoms with E-state index >= 15 is 0 Å². The average Bonchev–Trinajstić information content (AvgIpc) is 3.22. The first-order valence-corrected chi connectivity index (χ1v) is 11.3. The first-order chi connectivity index (χ1) is 14.2. The van der Waals surface area contributed by atoms with E-state index < -0.39 is 10.0 Å². The Kier molecular flexibility index (Phi) is 6.62. The van der Waals surface area contributed by atoms with E-state index in [1.807, 2.05) is 38.1 Å². The third-order valence-corrected chi connectivity index (χ3v) is 6.23. The number of anilines is 1. The van der Waals surface area contributed by atoms with Crippen molar-refractivity contribution in [1.82, 2.24) is 5.32 Å². The number of sulfonamides is 1. The molecule has 158 valence electrons. The molecule has 1 atom stereocenters. The number of carbonyl (C=O) groups is 1. The molecule has 0 saturated heterocycles. The maximum Gasteiger partial charge on any atom is 0.261 e. The third-order valence-electron chi connectivity index (χ3n) is 4.85. The lowest BCUT2D eigenvalue weighted by Gasteiger charge is -2.15. The van der Waals surface area contributed by atoms with Gasteiger partial charge in [-0.25, -0.2) is 8.42 Å². The fourth-order valence-electron chi connectivity index (χ4n) is 3.04. The van der Waals surface area contributed by atoms with Gasteiger partial charge in [-0.05, 0) is 69.2 Å². The van der Waals surface area contributed by atoms with Gasteiger partial charge in [0.25, 0.3) is 15.9 Å². The lowest BCUT2D eigenvalue weighted by atomic mass is 10.1. The quantitative estimate of drug-likeness (QED) is 0.557. The minimum Gasteiger partial charge on any atom is -0.469 e. The first kappa shape index (κ1) is 21.6. The number of hydrogen-bond donors (Lipinski definition) is 2. The van der Waals surface area contributed by atoms with Crippen molar-refractivity contribution in [2.24, 2.45) is 0 Å². The summed E-state index contributed by atoms with van der Waals surface area (Å²) in [6, 6.07) is 15.3. The summed E-state index contributed by atoms with van der Waals surface area (Å²) in [5.74, 6) is 0.564. The summed E-state index contributed by atoms with van der Waals surface area (Å²) in [6.45, 7) is 5.63. The Labute approximate surface area is 177 Å². The topological polar surface area (TPSA) is 88.4 Å². The van der Waals surface area contributed by atoms with Crippen LogP contribution in [-0.2, 0) is 16.4 Å². The largest absolute Gasteiger partial charge is 0.469 e. The molecule has 1 unspecified atom stereocenters. The highest BCUT2D eigenvalue weighted by Gasteiger charge is 2.19. The summed E-state index contributed by atoms with van der Waals surface area (Å²) >= 11 is 0. The molecule has 1 aromatic heterocycles. The van der Waals surface area contributed by atoms with Crippen LogP contribution in [0.4, 0.5) is 5.69 Å². The van der Waals surface area contributed by atoms with Crippen molar-refractivity contribution in [1.29, 1.82) is 0 Å². The molecule has 0 aliphatic heterocycles. The summed E-state index contributed by atoms with van der Waals surface area (Å²) in [4.78, 5) is 12.8. The number of benzene rings is 2. The van der Waals surface area contributed by atoms with E-state index in [0.717, 1.165) is 11.3 Å². The van der Waals surface area contributed by atoms with Gasteiger partial charge in [-0.15, -0.1) is 0 Å². The van der Waals surface area contributed by atoms with Crippen LogP contribution in [0.3, 0.4) is 0 Å². The molecular formula is C23H26N2O4S. The molecule has 30 heavy (non-hydrogen) atoms. The van der Waals surface area contributed by atoms with Crippen LogP contribution in [0.2, 0.25) is 0 Å². The maximum atomic E-state index is 12.8. The van der Waals surface area contributed by atoms with Gasteiger partial charge in [0.1, 0.15) is 5.76 Å². The highest BCUT2D eigenvalue weighted by Crippen LogP contribution is 2.20. The fourth-order valence-corrected chi connectivity index (χ4v) is 4.12. The van der Waals surface area contributed by atoms with Crippen LogP contribution >= 0.6 is 0 Å². The molecule has 0 fully saturated rings. The van der Waals surface area contributed by atoms with Gasteiger partial charge in [0, 0.05) is 23.7 Å². The smallest absolute Gasteiger partial charge is 0.261 e. The standard InChI is InChI=1S/C23H26N2O4S/c1-16-6-10-19(11-7-16)25-30(27,28)21-13-8-17(2)22(15-21)23(26)24-18(3)9-12-20-5-4-14-29-20/h4-8,10-11,13-15,18,25H,9,12H2,1-3H3,(H,24,26). The molecule has 0 aliphatic rings. The molecule has 7 heteroatoms. The van der Waals surface area contributed by atoms with E-state index in [1.54, 1.807) is 31.4 Å². The number of rotatable bonds is 8. The minimum absolute atomic E-state index is 0.0436.